The lowest BCUT2D eigenvalue weighted by molar-refractivity contribution is -0.126. The van der Waals surface area contributed by atoms with Crippen LogP contribution in [0.15, 0.2) is 48.5 Å². The number of nitrogens with two attached hydrogens (primary N) is 1. The Morgan fingerprint density at radius 2 is 1.81 bits per heavy atom. The van der Waals surface area contributed by atoms with E-state index >= 15 is 0 Å². The van der Waals surface area contributed by atoms with Crippen LogP contribution in [-0.4, -0.2) is 11.9 Å². The molecule has 3 N–H and O–H groups in total. The predicted molar refractivity (Wildman–Crippen MR) is 105 cm³/mol. The smallest absolute Gasteiger partial charge is 0.223 e. The molecule has 1 fully saturated rings. The summed E-state index contributed by atoms with van der Waals surface area (Å²) in [6, 6.07) is 12.1. The largest absolute Gasteiger partial charge is 0.349 e. The lowest BCUT2D eigenvalue weighted by Gasteiger charge is -2.28. The van der Waals surface area contributed by atoms with Gasteiger partial charge in [-0.3, -0.25) is 4.79 Å². The molecule has 0 aromatic heterocycles. The third-order valence-electron chi connectivity index (χ3n) is 4.98. The molecule has 0 heterocycles. The molecule has 2 aromatic carbocycles. The Morgan fingerprint density at radius 3 is 2.48 bits per heavy atom. The van der Waals surface area contributed by atoms with Crippen molar-refractivity contribution in [2.24, 2.45) is 11.7 Å². The van der Waals surface area contributed by atoms with E-state index in [1.165, 1.54) is 24.3 Å². The number of carbonyl (C=O) groups is 1. The average Bonchev–Trinajstić information content (AvgIpc) is 2.61. The zero-order chi connectivity index (χ0) is 18.5. The van der Waals surface area contributed by atoms with Gasteiger partial charge in [-0.05, 0) is 61.1 Å². The summed E-state index contributed by atoms with van der Waals surface area (Å²) in [5, 5.41) is 3.04. The second-order valence-corrected chi connectivity index (χ2v) is 7.07. The molecule has 27 heavy (non-hydrogen) atoms. The molecule has 3 nitrogen and oxygen atoms in total. The maximum Gasteiger partial charge on any atom is 0.223 e. The van der Waals surface area contributed by atoms with Crippen molar-refractivity contribution >= 4 is 18.3 Å². The first kappa shape index (κ1) is 21.3. The Labute approximate surface area is 164 Å². The molecule has 146 valence electrons. The highest BCUT2D eigenvalue weighted by molar-refractivity contribution is 5.85. The summed E-state index contributed by atoms with van der Waals surface area (Å²) in [6.45, 7) is 0. The molecule has 1 saturated carbocycles. The summed E-state index contributed by atoms with van der Waals surface area (Å²) < 4.78 is 27.2. The molecule has 3 atom stereocenters. The molecular weight excluding hydrogens is 370 g/mol. The highest BCUT2D eigenvalue weighted by Crippen LogP contribution is 2.26. The van der Waals surface area contributed by atoms with Crippen molar-refractivity contribution in [2.75, 3.05) is 0 Å². The fourth-order valence-electron chi connectivity index (χ4n) is 3.63. The number of nitrogens with one attached hydrogen (secondary N) is 1. The van der Waals surface area contributed by atoms with Gasteiger partial charge in [0.25, 0.3) is 0 Å². The normalized spacial score (nSPS) is 20.4. The van der Waals surface area contributed by atoms with E-state index in [9.17, 15) is 13.6 Å². The summed E-state index contributed by atoms with van der Waals surface area (Å²) in [5.74, 6) is -0.876. The molecule has 0 radical (unpaired) electrons. The summed E-state index contributed by atoms with van der Waals surface area (Å²) >= 11 is 0. The number of halogens is 3. The SMILES string of the molecule is Cl.NC1CCCC(C(=O)NC(Cc2cccc(F)c2)c2cccc(F)c2)C1. The molecule has 3 rings (SSSR count). The Morgan fingerprint density at radius 1 is 1.11 bits per heavy atom. The van der Waals surface area contributed by atoms with Gasteiger partial charge < -0.3 is 11.1 Å². The van der Waals surface area contributed by atoms with Crippen molar-refractivity contribution in [3.63, 3.8) is 0 Å². The van der Waals surface area contributed by atoms with Gasteiger partial charge in [0.05, 0.1) is 6.04 Å². The molecule has 0 bridgehead atoms. The van der Waals surface area contributed by atoms with Crippen molar-refractivity contribution in [1.82, 2.24) is 5.32 Å². The molecular formula is C21H25ClF2N2O. The van der Waals surface area contributed by atoms with Crippen LogP contribution in [0.5, 0.6) is 0 Å². The minimum absolute atomic E-state index is 0. The van der Waals surface area contributed by atoms with Crippen LogP contribution in [0, 0.1) is 17.6 Å². The van der Waals surface area contributed by atoms with E-state index in [1.54, 1.807) is 24.3 Å². The zero-order valence-electron chi connectivity index (χ0n) is 15.0. The molecule has 1 aliphatic carbocycles. The molecule has 2 aromatic rings. The number of hydrogen-bond donors (Lipinski definition) is 2. The van der Waals surface area contributed by atoms with E-state index < -0.39 is 6.04 Å². The summed E-state index contributed by atoms with van der Waals surface area (Å²) in [7, 11) is 0. The highest BCUT2D eigenvalue weighted by Gasteiger charge is 2.27. The minimum Gasteiger partial charge on any atom is -0.349 e. The van der Waals surface area contributed by atoms with Gasteiger partial charge in [0.2, 0.25) is 5.91 Å². The van der Waals surface area contributed by atoms with Gasteiger partial charge in [-0.1, -0.05) is 30.7 Å². The van der Waals surface area contributed by atoms with Crippen molar-refractivity contribution in [3.05, 3.63) is 71.3 Å². The monoisotopic (exact) mass is 394 g/mol. The fourth-order valence-corrected chi connectivity index (χ4v) is 3.63. The van der Waals surface area contributed by atoms with Crippen LogP contribution in [-0.2, 0) is 11.2 Å². The lowest BCUT2D eigenvalue weighted by atomic mass is 9.85. The third-order valence-corrected chi connectivity index (χ3v) is 4.98. The summed E-state index contributed by atoms with van der Waals surface area (Å²) in [5.41, 5.74) is 7.41. The second-order valence-electron chi connectivity index (χ2n) is 7.07. The number of benzene rings is 2. The van der Waals surface area contributed by atoms with Gasteiger partial charge in [0.15, 0.2) is 0 Å². The fraction of sp³-hybridized carbons (Fsp3) is 0.381. The molecule has 3 unspecified atom stereocenters. The Hall–Kier alpha value is -1.98. The highest BCUT2D eigenvalue weighted by atomic mass is 35.5. The molecule has 0 spiro atoms. The summed E-state index contributed by atoms with van der Waals surface area (Å²) in [6.07, 6.45) is 3.76. The predicted octanol–water partition coefficient (Wildman–Crippen LogP) is 4.30. The standard InChI is InChI=1S/C21H24F2N2O.ClH/c22-17-7-1-4-14(10-17)11-20(15-5-2-8-18(23)12-15)25-21(26)16-6-3-9-19(24)13-16;/h1-2,4-5,7-8,10,12,16,19-20H,3,6,9,11,13,24H2,(H,25,26);1H. The van der Waals surface area contributed by atoms with Crippen molar-refractivity contribution < 1.29 is 13.6 Å². The van der Waals surface area contributed by atoms with Crippen LogP contribution in [0.3, 0.4) is 0 Å². The Kier molecular flexibility index (Phi) is 7.75. The van der Waals surface area contributed by atoms with Gasteiger partial charge in [-0.2, -0.15) is 0 Å². The van der Waals surface area contributed by atoms with Crippen LogP contribution in [0.4, 0.5) is 8.78 Å². The topological polar surface area (TPSA) is 55.1 Å². The zero-order valence-corrected chi connectivity index (χ0v) is 15.9. The van der Waals surface area contributed by atoms with Crippen LogP contribution >= 0.6 is 12.4 Å². The minimum atomic E-state index is -0.418. The summed E-state index contributed by atoms with van der Waals surface area (Å²) in [4.78, 5) is 12.7. The van der Waals surface area contributed by atoms with Crippen LogP contribution in [0.2, 0.25) is 0 Å². The van der Waals surface area contributed by atoms with E-state index in [2.05, 4.69) is 5.32 Å². The molecule has 1 amide bonds. The quantitative estimate of drug-likeness (QED) is 0.794. The van der Waals surface area contributed by atoms with E-state index in [-0.39, 0.29) is 41.9 Å². The van der Waals surface area contributed by atoms with Gasteiger partial charge >= 0.3 is 0 Å². The van der Waals surface area contributed by atoms with Crippen molar-refractivity contribution in [3.8, 4) is 0 Å². The lowest BCUT2D eigenvalue weighted by Crippen LogP contribution is -2.39. The molecule has 0 saturated heterocycles. The first-order valence-corrected chi connectivity index (χ1v) is 9.07. The maximum atomic E-state index is 13.7. The average molecular weight is 395 g/mol. The second kappa shape index (κ2) is 9.81. The molecule has 1 aliphatic rings. The van der Waals surface area contributed by atoms with Crippen molar-refractivity contribution in [1.29, 1.82) is 0 Å². The Bertz CT molecular complexity index is 771. The first-order chi connectivity index (χ1) is 12.5. The number of carbonyl (C=O) groups excluding carboxylic acids is 1. The number of hydrogen-bond acceptors (Lipinski definition) is 2. The van der Waals surface area contributed by atoms with Crippen LogP contribution in [0.25, 0.3) is 0 Å². The van der Waals surface area contributed by atoms with Gasteiger partial charge in [-0.15, -0.1) is 12.4 Å². The van der Waals surface area contributed by atoms with Crippen LogP contribution < -0.4 is 11.1 Å². The van der Waals surface area contributed by atoms with Crippen molar-refractivity contribution in [2.45, 2.75) is 44.2 Å². The maximum absolute atomic E-state index is 13.7. The van der Waals surface area contributed by atoms with E-state index in [0.29, 0.717) is 18.4 Å². The number of amides is 1. The third kappa shape index (κ3) is 6.01. The first-order valence-electron chi connectivity index (χ1n) is 9.07. The van der Waals surface area contributed by atoms with E-state index in [0.717, 1.165) is 24.8 Å². The van der Waals surface area contributed by atoms with Gasteiger partial charge in [-0.25, -0.2) is 8.78 Å². The number of rotatable bonds is 5. The van der Waals surface area contributed by atoms with Crippen LogP contribution in [0.1, 0.15) is 42.9 Å². The van der Waals surface area contributed by atoms with E-state index in [1.807, 2.05) is 0 Å². The van der Waals surface area contributed by atoms with E-state index in [4.69, 9.17) is 5.73 Å². The van der Waals surface area contributed by atoms with Gasteiger partial charge in [0.1, 0.15) is 11.6 Å². The molecule has 6 heteroatoms. The van der Waals surface area contributed by atoms with Gasteiger partial charge in [0, 0.05) is 12.0 Å². The molecule has 0 aliphatic heterocycles. The Balaban J connectivity index is 0.00000261.